The van der Waals surface area contributed by atoms with Gasteiger partial charge in [0.25, 0.3) is 5.91 Å². The van der Waals surface area contributed by atoms with Crippen molar-refractivity contribution < 1.29 is 13.6 Å². The Bertz CT molecular complexity index is 764. The Morgan fingerprint density at radius 3 is 2.96 bits per heavy atom. The van der Waals surface area contributed by atoms with Crippen LogP contribution in [0.5, 0.6) is 0 Å². The fraction of sp³-hybridized carbons (Fsp3) is 0.375. The summed E-state index contributed by atoms with van der Waals surface area (Å²) in [5, 5.41) is 6.78. The summed E-state index contributed by atoms with van der Waals surface area (Å²) in [5.41, 5.74) is 0.0793. The second-order valence-corrected chi connectivity index (χ2v) is 7.02. The number of halogens is 2. The molecule has 2 saturated heterocycles. The predicted molar refractivity (Wildman–Crippen MR) is 83.3 cm³/mol. The van der Waals surface area contributed by atoms with E-state index in [1.165, 1.54) is 24.8 Å². The monoisotopic (exact) mass is 335 g/mol. The molecule has 2 aliphatic heterocycles. The smallest absolute Gasteiger partial charge is 0.263 e. The number of aromatic nitrogens is 1. The van der Waals surface area contributed by atoms with Crippen LogP contribution >= 0.6 is 11.3 Å². The van der Waals surface area contributed by atoms with Crippen molar-refractivity contribution in [3.8, 4) is 10.6 Å². The highest BCUT2D eigenvalue weighted by Gasteiger charge is 2.39. The van der Waals surface area contributed by atoms with Crippen LogP contribution in [0.15, 0.2) is 24.4 Å². The Balaban J connectivity index is 1.51. The maximum absolute atomic E-state index is 13.8. The molecule has 3 atom stereocenters. The molecular formula is C16H15F2N3OS. The molecule has 1 aromatic heterocycles. The molecule has 4 nitrogen and oxygen atoms in total. The highest BCUT2D eigenvalue weighted by atomic mass is 32.1. The van der Waals surface area contributed by atoms with E-state index in [-0.39, 0.29) is 17.5 Å². The Kier molecular flexibility index (Phi) is 3.61. The lowest BCUT2D eigenvalue weighted by Gasteiger charge is -2.20. The average Bonchev–Trinajstić information content (AvgIpc) is 3.25. The van der Waals surface area contributed by atoms with Gasteiger partial charge in [-0.1, -0.05) is 6.07 Å². The molecule has 2 bridgehead atoms. The lowest BCUT2D eigenvalue weighted by Crippen LogP contribution is -2.42. The van der Waals surface area contributed by atoms with Gasteiger partial charge in [-0.2, -0.15) is 0 Å². The van der Waals surface area contributed by atoms with Crippen LogP contribution in [0.3, 0.4) is 0 Å². The van der Waals surface area contributed by atoms with E-state index < -0.39 is 11.6 Å². The first-order chi connectivity index (χ1) is 11.1. The number of carbonyl (C=O) groups is 1. The zero-order valence-corrected chi connectivity index (χ0v) is 13.0. The van der Waals surface area contributed by atoms with E-state index in [1.807, 2.05) is 0 Å². The van der Waals surface area contributed by atoms with Crippen LogP contribution in [0.25, 0.3) is 10.6 Å². The minimum absolute atomic E-state index is 0.0793. The summed E-state index contributed by atoms with van der Waals surface area (Å²) in [7, 11) is 0. The first-order valence-corrected chi connectivity index (χ1v) is 8.40. The van der Waals surface area contributed by atoms with E-state index in [0.29, 0.717) is 22.0 Å². The van der Waals surface area contributed by atoms with Crippen molar-refractivity contribution in [2.24, 2.45) is 0 Å². The van der Waals surface area contributed by atoms with Gasteiger partial charge in [-0.15, -0.1) is 11.3 Å². The summed E-state index contributed by atoms with van der Waals surface area (Å²) in [6, 6.07) is 4.93. The maximum Gasteiger partial charge on any atom is 0.263 e. The lowest BCUT2D eigenvalue weighted by molar-refractivity contribution is 0.0935. The summed E-state index contributed by atoms with van der Waals surface area (Å²) in [5.74, 6) is -2.06. The number of carbonyl (C=O) groups excluding carboxylic acids is 1. The van der Waals surface area contributed by atoms with E-state index in [0.717, 1.165) is 30.2 Å². The van der Waals surface area contributed by atoms with Gasteiger partial charge in [-0.25, -0.2) is 13.8 Å². The van der Waals surface area contributed by atoms with Gasteiger partial charge in [0.05, 0.1) is 6.20 Å². The number of nitrogens with zero attached hydrogens (tertiary/aromatic N) is 1. The Labute approximate surface area is 135 Å². The van der Waals surface area contributed by atoms with Crippen molar-refractivity contribution in [2.45, 2.75) is 37.4 Å². The molecule has 4 rings (SSSR count). The molecule has 0 aliphatic carbocycles. The fourth-order valence-electron chi connectivity index (χ4n) is 3.40. The molecule has 3 heterocycles. The number of hydrogen-bond donors (Lipinski definition) is 2. The van der Waals surface area contributed by atoms with Crippen LogP contribution in [-0.4, -0.2) is 29.0 Å². The van der Waals surface area contributed by atoms with Gasteiger partial charge in [0.15, 0.2) is 11.6 Å². The van der Waals surface area contributed by atoms with E-state index in [2.05, 4.69) is 15.6 Å². The van der Waals surface area contributed by atoms with E-state index in [4.69, 9.17) is 0 Å². The van der Waals surface area contributed by atoms with Crippen LogP contribution in [0.2, 0.25) is 0 Å². The molecule has 1 aromatic carbocycles. The molecule has 2 fully saturated rings. The number of hydrogen-bond acceptors (Lipinski definition) is 4. The third kappa shape index (κ3) is 2.64. The molecule has 0 unspecified atom stereocenters. The topological polar surface area (TPSA) is 54.0 Å². The number of fused-ring (bicyclic) bond motifs is 2. The first-order valence-electron chi connectivity index (χ1n) is 7.59. The summed E-state index contributed by atoms with van der Waals surface area (Å²) < 4.78 is 27.1. The highest BCUT2D eigenvalue weighted by Crippen LogP contribution is 2.30. The zero-order valence-electron chi connectivity index (χ0n) is 12.2. The molecule has 120 valence electrons. The largest absolute Gasteiger partial charge is 0.347 e. The van der Waals surface area contributed by atoms with Crippen molar-refractivity contribution in [1.82, 2.24) is 15.6 Å². The lowest BCUT2D eigenvalue weighted by atomic mass is 9.95. The quantitative estimate of drug-likeness (QED) is 0.907. The normalized spacial score (nSPS) is 25.7. The van der Waals surface area contributed by atoms with Gasteiger partial charge in [-0.3, -0.25) is 4.79 Å². The van der Waals surface area contributed by atoms with Crippen LogP contribution < -0.4 is 10.6 Å². The number of thiazole rings is 1. The van der Waals surface area contributed by atoms with Crippen LogP contribution in [0, 0.1) is 11.6 Å². The Hall–Kier alpha value is -1.86. The second kappa shape index (κ2) is 5.65. The number of nitrogens with one attached hydrogen (secondary N) is 2. The number of benzene rings is 1. The summed E-state index contributed by atoms with van der Waals surface area (Å²) >= 11 is 1.07. The molecule has 2 N–H and O–H groups in total. The molecule has 0 radical (unpaired) electrons. The molecular weight excluding hydrogens is 320 g/mol. The van der Waals surface area contributed by atoms with Gasteiger partial charge in [0.2, 0.25) is 0 Å². The number of rotatable bonds is 3. The minimum atomic E-state index is -0.939. The van der Waals surface area contributed by atoms with Crippen molar-refractivity contribution >= 4 is 17.2 Å². The SMILES string of the molecule is O=C(N[C@@H]1C[C@H]2CC[C@@H]1N2)c1cnc(-c2cccc(F)c2F)s1. The predicted octanol–water partition coefficient (Wildman–Crippen LogP) is 2.71. The number of amides is 1. The highest BCUT2D eigenvalue weighted by molar-refractivity contribution is 7.16. The van der Waals surface area contributed by atoms with Crippen molar-refractivity contribution in [3.63, 3.8) is 0 Å². The van der Waals surface area contributed by atoms with Gasteiger partial charge >= 0.3 is 0 Å². The van der Waals surface area contributed by atoms with Crippen molar-refractivity contribution in [2.75, 3.05) is 0 Å². The molecule has 2 aliphatic rings. The van der Waals surface area contributed by atoms with Gasteiger partial charge in [-0.05, 0) is 31.4 Å². The van der Waals surface area contributed by atoms with Gasteiger partial charge in [0.1, 0.15) is 9.88 Å². The molecule has 0 saturated carbocycles. The fourth-order valence-corrected chi connectivity index (χ4v) is 4.23. The summed E-state index contributed by atoms with van der Waals surface area (Å²) in [6.07, 6.45) is 4.61. The third-order valence-corrected chi connectivity index (χ3v) is 5.56. The van der Waals surface area contributed by atoms with Crippen molar-refractivity contribution in [3.05, 3.63) is 40.9 Å². The Morgan fingerprint density at radius 1 is 1.35 bits per heavy atom. The van der Waals surface area contributed by atoms with Crippen LogP contribution in [-0.2, 0) is 0 Å². The molecule has 2 aromatic rings. The molecule has 0 spiro atoms. The van der Waals surface area contributed by atoms with E-state index in [9.17, 15) is 13.6 Å². The van der Waals surface area contributed by atoms with E-state index >= 15 is 0 Å². The van der Waals surface area contributed by atoms with Crippen molar-refractivity contribution in [1.29, 1.82) is 0 Å². The zero-order chi connectivity index (χ0) is 16.0. The van der Waals surface area contributed by atoms with Gasteiger partial charge < -0.3 is 10.6 Å². The standard InChI is InChI=1S/C16H15F2N3OS/c17-10-3-1-2-9(14(10)18)16-19-7-13(23-16)15(22)21-12-6-8-4-5-11(12)20-8/h1-3,7-8,11-12,20H,4-6H2,(H,21,22)/t8-,11+,12-/m1/s1. The van der Waals surface area contributed by atoms with Crippen LogP contribution in [0.4, 0.5) is 8.78 Å². The minimum Gasteiger partial charge on any atom is -0.347 e. The molecule has 7 heteroatoms. The van der Waals surface area contributed by atoms with E-state index in [1.54, 1.807) is 0 Å². The van der Waals surface area contributed by atoms with Crippen LogP contribution in [0.1, 0.15) is 28.9 Å². The summed E-state index contributed by atoms with van der Waals surface area (Å²) in [6.45, 7) is 0. The average molecular weight is 335 g/mol. The molecule has 1 amide bonds. The maximum atomic E-state index is 13.8. The molecule has 23 heavy (non-hydrogen) atoms. The third-order valence-electron chi connectivity index (χ3n) is 4.53. The second-order valence-electron chi connectivity index (χ2n) is 5.99. The van der Waals surface area contributed by atoms with Gasteiger partial charge in [0, 0.05) is 23.7 Å². The Morgan fingerprint density at radius 2 is 2.22 bits per heavy atom. The summed E-state index contributed by atoms with van der Waals surface area (Å²) in [4.78, 5) is 16.8. The first kappa shape index (κ1) is 14.7.